The maximum atomic E-state index is 11.3. The molecule has 0 amide bonds. The van der Waals surface area contributed by atoms with Gasteiger partial charge in [-0.25, -0.2) is 0 Å². The largest absolute Gasteiger partial charge is 0.465 e. The Morgan fingerprint density at radius 3 is 2.50 bits per heavy atom. The highest BCUT2D eigenvalue weighted by Crippen LogP contribution is 2.12. The number of carbonyl (C=O) groups excluding carboxylic acids is 1. The molecule has 0 N–H and O–H groups in total. The Balaban J connectivity index is 2.43. The van der Waals surface area contributed by atoms with E-state index in [2.05, 4.69) is 18.7 Å². The van der Waals surface area contributed by atoms with Gasteiger partial charge in [-0.05, 0) is 20.8 Å². The van der Waals surface area contributed by atoms with Gasteiger partial charge in [-0.2, -0.15) is 0 Å². The SMILES string of the molecule is CCOC(=O)CN1C(C)COCC1C. The fourth-order valence-corrected chi connectivity index (χ4v) is 1.70. The first-order valence-electron chi connectivity index (χ1n) is 5.14. The van der Waals surface area contributed by atoms with Crippen molar-refractivity contribution in [2.45, 2.75) is 32.9 Å². The van der Waals surface area contributed by atoms with Crippen molar-refractivity contribution in [3.05, 3.63) is 0 Å². The molecule has 1 saturated heterocycles. The van der Waals surface area contributed by atoms with Crippen LogP contribution in [-0.4, -0.2) is 49.3 Å². The molecule has 1 rings (SSSR count). The topological polar surface area (TPSA) is 38.8 Å². The lowest BCUT2D eigenvalue weighted by atomic mass is 10.2. The highest BCUT2D eigenvalue weighted by Gasteiger charge is 2.27. The molecule has 1 heterocycles. The van der Waals surface area contributed by atoms with Crippen LogP contribution < -0.4 is 0 Å². The molecule has 2 atom stereocenters. The van der Waals surface area contributed by atoms with Crippen LogP contribution in [0, 0.1) is 0 Å². The Hall–Kier alpha value is -0.610. The molecule has 0 saturated carbocycles. The van der Waals surface area contributed by atoms with Gasteiger partial charge in [0, 0.05) is 12.1 Å². The maximum Gasteiger partial charge on any atom is 0.320 e. The first-order valence-corrected chi connectivity index (χ1v) is 5.14. The molecule has 1 fully saturated rings. The summed E-state index contributed by atoms with van der Waals surface area (Å²) in [6.45, 7) is 8.17. The summed E-state index contributed by atoms with van der Waals surface area (Å²) >= 11 is 0. The molecule has 0 spiro atoms. The summed E-state index contributed by atoms with van der Waals surface area (Å²) < 4.78 is 10.3. The van der Waals surface area contributed by atoms with Gasteiger partial charge in [-0.3, -0.25) is 9.69 Å². The van der Waals surface area contributed by atoms with Crippen molar-refractivity contribution in [2.24, 2.45) is 0 Å². The molecule has 2 unspecified atom stereocenters. The van der Waals surface area contributed by atoms with E-state index in [0.29, 0.717) is 38.4 Å². The summed E-state index contributed by atoms with van der Waals surface area (Å²) in [7, 11) is 0. The average Bonchev–Trinajstić information content (AvgIpc) is 2.12. The lowest BCUT2D eigenvalue weighted by Crippen LogP contribution is -2.51. The molecule has 4 nitrogen and oxygen atoms in total. The van der Waals surface area contributed by atoms with Gasteiger partial charge in [-0.1, -0.05) is 0 Å². The van der Waals surface area contributed by atoms with Crippen LogP contribution in [0.2, 0.25) is 0 Å². The molecular weight excluding hydrogens is 182 g/mol. The van der Waals surface area contributed by atoms with E-state index in [9.17, 15) is 4.79 Å². The number of hydrogen-bond acceptors (Lipinski definition) is 4. The van der Waals surface area contributed by atoms with E-state index in [1.165, 1.54) is 0 Å². The maximum absolute atomic E-state index is 11.3. The second-order valence-corrected chi connectivity index (χ2v) is 3.71. The number of hydrogen-bond donors (Lipinski definition) is 0. The van der Waals surface area contributed by atoms with E-state index >= 15 is 0 Å². The van der Waals surface area contributed by atoms with Gasteiger partial charge in [0.05, 0.1) is 26.4 Å². The van der Waals surface area contributed by atoms with Crippen molar-refractivity contribution in [3.8, 4) is 0 Å². The van der Waals surface area contributed by atoms with Crippen molar-refractivity contribution < 1.29 is 14.3 Å². The fourth-order valence-electron chi connectivity index (χ4n) is 1.70. The molecule has 0 bridgehead atoms. The zero-order valence-corrected chi connectivity index (χ0v) is 9.16. The van der Waals surface area contributed by atoms with Crippen LogP contribution in [0.25, 0.3) is 0 Å². The molecular formula is C10H19NO3. The van der Waals surface area contributed by atoms with Crippen LogP contribution in [0.4, 0.5) is 0 Å². The smallest absolute Gasteiger partial charge is 0.320 e. The van der Waals surface area contributed by atoms with Crippen molar-refractivity contribution >= 4 is 5.97 Å². The molecule has 0 radical (unpaired) electrons. The molecule has 82 valence electrons. The van der Waals surface area contributed by atoms with Crippen LogP contribution >= 0.6 is 0 Å². The van der Waals surface area contributed by atoms with E-state index < -0.39 is 0 Å². The zero-order chi connectivity index (χ0) is 10.6. The molecule has 1 aliphatic rings. The third-order valence-electron chi connectivity index (χ3n) is 2.47. The second-order valence-electron chi connectivity index (χ2n) is 3.71. The minimum absolute atomic E-state index is 0.145. The third-order valence-corrected chi connectivity index (χ3v) is 2.47. The van der Waals surface area contributed by atoms with E-state index in [0.717, 1.165) is 0 Å². The minimum Gasteiger partial charge on any atom is -0.465 e. The lowest BCUT2D eigenvalue weighted by Gasteiger charge is -2.37. The van der Waals surface area contributed by atoms with Gasteiger partial charge in [0.15, 0.2) is 0 Å². The van der Waals surface area contributed by atoms with Gasteiger partial charge in [0.1, 0.15) is 0 Å². The van der Waals surface area contributed by atoms with Gasteiger partial charge in [-0.15, -0.1) is 0 Å². The van der Waals surface area contributed by atoms with Crippen LogP contribution in [0.1, 0.15) is 20.8 Å². The van der Waals surface area contributed by atoms with E-state index in [1.807, 2.05) is 6.92 Å². The Bertz CT molecular complexity index is 186. The van der Waals surface area contributed by atoms with E-state index in [4.69, 9.17) is 9.47 Å². The molecule has 0 aromatic carbocycles. The standard InChI is InChI=1S/C10H19NO3/c1-4-14-10(12)5-11-8(2)6-13-7-9(11)3/h8-9H,4-7H2,1-3H3. The highest BCUT2D eigenvalue weighted by atomic mass is 16.5. The lowest BCUT2D eigenvalue weighted by molar-refractivity contribution is -0.148. The summed E-state index contributed by atoms with van der Waals surface area (Å²) in [5.74, 6) is -0.145. The Labute approximate surface area is 85.2 Å². The van der Waals surface area contributed by atoms with E-state index in [-0.39, 0.29) is 5.97 Å². The highest BCUT2D eigenvalue weighted by molar-refractivity contribution is 5.71. The number of carbonyl (C=O) groups is 1. The summed E-state index contributed by atoms with van der Waals surface area (Å²) in [5.41, 5.74) is 0. The van der Waals surface area contributed by atoms with Crippen molar-refractivity contribution in [3.63, 3.8) is 0 Å². The number of esters is 1. The third kappa shape index (κ3) is 2.96. The number of nitrogens with zero attached hydrogens (tertiary/aromatic N) is 1. The average molecular weight is 201 g/mol. The Morgan fingerprint density at radius 1 is 1.43 bits per heavy atom. The predicted octanol–water partition coefficient (Wildman–Crippen LogP) is 0.659. The normalized spacial score (nSPS) is 28.8. The van der Waals surface area contributed by atoms with Crippen LogP contribution in [0.3, 0.4) is 0 Å². The summed E-state index contributed by atoms with van der Waals surface area (Å²) in [5, 5.41) is 0. The molecule has 0 aromatic rings. The first kappa shape index (κ1) is 11.5. The second kappa shape index (κ2) is 5.32. The van der Waals surface area contributed by atoms with Gasteiger partial charge in [0.2, 0.25) is 0 Å². The summed E-state index contributed by atoms with van der Waals surface area (Å²) in [6, 6.07) is 0.589. The minimum atomic E-state index is -0.145. The number of rotatable bonds is 3. The molecule has 4 heteroatoms. The van der Waals surface area contributed by atoms with Crippen molar-refractivity contribution in [2.75, 3.05) is 26.4 Å². The molecule has 14 heavy (non-hydrogen) atoms. The van der Waals surface area contributed by atoms with Gasteiger partial charge >= 0.3 is 5.97 Å². The van der Waals surface area contributed by atoms with Gasteiger partial charge < -0.3 is 9.47 Å². The molecule has 0 aliphatic carbocycles. The van der Waals surface area contributed by atoms with Crippen molar-refractivity contribution in [1.82, 2.24) is 4.90 Å². The molecule has 0 aromatic heterocycles. The monoisotopic (exact) mass is 201 g/mol. The van der Waals surface area contributed by atoms with Crippen LogP contribution in [0.15, 0.2) is 0 Å². The Morgan fingerprint density at radius 2 is 2.00 bits per heavy atom. The number of morpholine rings is 1. The van der Waals surface area contributed by atoms with Gasteiger partial charge in [0.25, 0.3) is 0 Å². The van der Waals surface area contributed by atoms with Crippen molar-refractivity contribution in [1.29, 1.82) is 0 Å². The summed E-state index contributed by atoms with van der Waals surface area (Å²) in [6.07, 6.45) is 0. The summed E-state index contributed by atoms with van der Waals surface area (Å²) in [4.78, 5) is 13.4. The zero-order valence-electron chi connectivity index (χ0n) is 9.16. The quantitative estimate of drug-likeness (QED) is 0.629. The molecule has 1 aliphatic heterocycles. The number of ether oxygens (including phenoxy) is 2. The Kier molecular flexibility index (Phi) is 4.35. The first-order chi connectivity index (χ1) is 6.65. The predicted molar refractivity (Wildman–Crippen MR) is 53.1 cm³/mol. The van der Waals surface area contributed by atoms with Crippen LogP contribution in [-0.2, 0) is 14.3 Å². The van der Waals surface area contributed by atoms with E-state index in [1.54, 1.807) is 0 Å². The fraction of sp³-hybridized carbons (Fsp3) is 0.900. The van der Waals surface area contributed by atoms with Crippen LogP contribution in [0.5, 0.6) is 0 Å².